The third kappa shape index (κ3) is 9.22. The van der Waals surface area contributed by atoms with Crippen LogP contribution in [0.4, 0.5) is 4.79 Å². The van der Waals surface area contributed by atoms with Gasteiger partial charge in [-0.25, -0.2) is 4.79 Å². The van der Waals surface area contributed by atoms with Gasteiger partial charge in [-0.2, -0.15) is 0 Å². The number of carbonyl (C=O) groups is 3. The van der Waals surface area contributed by atoms with Crippen molar-refractivity contribution in [3.63, 3.8) is 0 Å². The van der Waals surface area contributed by atoms with Crippen LogP contribution in [0.3, 0.4) is 0 Å². The number of benzene rings is 2. The molecule has 0 aliphatic heterocycles. The summed E-state index contributed by atoms with van der Waals surface area (Å²) in [5.74, 6) is 0.170. The van der Waals surface area contributed by atoms with Crippen LogP contribution in [0.1, 0.15) is 38.3 Å². The Hall–Kier alpha value is -3.55. The van der Waals surface area contributed by atoms with Gasteiger partial charge in [0.15, 0.2) is 0 Å². The van der Waals surface area contributed by atoms with Crippen LogP contribution in [0.15, 0.2) is 54.6 Å². The second-order valence-electron chi connectivity index (χ2n) is 8.18. The summed E-state index contributed by atoms with van der Waals surface area (Å²) in [6.45, 7) is 5.91. The summed E-state index contributed by atoms with van der Waals surface area (Å²) < 4.78 is 10.3. The Morgan fingerprint density at radius 2 is 1.52 bits per heavy atom. The highest BCUT2D eigenvalue weighted by molar-refractivity contribution is 5.91. The molecule has 0 bridgehead atoms. The molecule has 33 heavy (non-hydrogen) atoms. The van der Waals surface area contributed by atoms with E-state index < -0.39 is 24.1 Å². The van der Waals surface area contributed by atoms with Crippen molar-refractivity contribution in [3.05, 3.63) is 65.7 Å². The maximum absolute atomic E-state index is 12.8. The normalized spacial score (nSPS) is 12.4. The number of nitrogens with one attached hydrogen (secondary N) is 3. The van der Waals surface area contributed by atoms with Crippen molar-refractivity contribution in [2.45, 2.75) is 52.4 Å². The molecule has 3 N–H and O–H groups in total. The fourth-order valence-electron chi connectivity index (χ4n) is 3.06. The van der Waals surface area contributed by atoms with Crippen LogP contribution in [0.2, 0.25) is 0 Å². The van der Waals surface area contributed by atoms with Crippen molar-refractivity contribution in [1.82, 2.24) is 16.0 Å². The maximum atomic E-state index is 12.8. The van der Waals surface area contributed by atoms with Gasteiger partial charge in [0, 0.05) is 6.54 Å². The van der Waals surface area contributed by atoms with Gasteiger partial charge in [0.25, 0.3) is 0 Å². The summed E-state index contributed by atoms with van der Waals surface area (Å²) in [5, 5.41) is 8.10. The summed E-state index contributed by atoms with van der Waals surface area (Å²) in [4.78, 5) is 37.4. The third-order valence-corrected chi connectivity index (χ3v) is 4.91. The first-order valence-electron chi connectivity index (χ1n) is 11.0. The molecule has 8 nitrogen and oxygen atoms in total. The summed E-state index contributed by atoms with van der Waals surface area (Å²) in [7, 11) is 1.59. The van der Waals surface area contributed by atoms with Crippen LogP contribution in [-0.2, 0) is 27.5 Å². The molecule has 0 aliphatic carbocycles. The summed E-state index contributed by atoms with van der Waals surface area (Å²) in [5.41, 5.74) is 1.75. The second kappa shape index (κ2) is 13.1. The lowest BCUT2D eigenvalue weighted by Gasteiger charge is -2.22. The highest BCUT2D eigenvalue weighted by atomic mass is 16.5. The first kappa shape index (κ1) is 25.7. The molecule has 2 aromatic carbocycles. The molecule has 0 saturated carbocycles. The fourth-order valence-corrected chi connectivity index (χ4v) is 3.06. The molecule has 0 aromatic heterocycles. The molecule has 2 rings (SSSR count). The van der Waals surface area contributed by atoms with Gasteiger partial charge in [-0.05, 0) is 42.5 Å². The summed E-state index contributed by atoms with van der Waals surface area (Å²) in [6, 6.07) is 15.0. The topological polar surface area (TPSA) is 106 Å². The Morgan fingerprint density at radius 3 is 2.12 bits per heavy atom. The highest BCUT2D eigenvalue weighted by Crippen LogP contribution is 2.11. The first-order valence-corrected chi connectivity index (χ1v) is 11.0. The molecule has 0 aliphatic rings. The zero-order valence-corrected chi connectivity index (χ0v) is 19.6. The van der Waals surface area contributed by atoms with Crippen LogP contribution >= 0.6 is 0 Å². The Bertz CT molecular complexity index is 900. The van der Waals surface area contributed by atoms with Gasteiger partial charge in [0.05, 0.1) is 7.11 Å². The van der Waals surface area contributed by atoms with Crippen molar-refractivity contribution in [1.29, 1.82) is 0 Å². The lowest BCUT2D eigenvalue weighted by Crippen LogP contribution is -2.53. The molecule has 0 saturated heterocycles. The second-order valence-corrected chi connectivity index (χ2v) is 8.18. The predicted octanol–water partition coefficient (Wildman–Crippen LogP) is 3.16. The lowest BCUT2D eigenvalue weighted by molar-refractivity contribution is -0.130. The molecule has 3 amide bonds. The number of amides is 3. The van der Waals surface area contributed by atoms with E-state index >= 15 is 0 Å². The molecule has 0 spiro atoms. The Labute approximate surface area is 195 Å². The molecular weight excluding hydrogens is 422 g/mol. The Balaban J connectivity index is 1.86. The van der Waals surface area contributed by atoms with Gasteiger partial charge in [-0.15, -0.1) is 0 Å². The van der Waals surface area contributed by atoms with E-state index in [9.17, 15) is 14.4 Å². The van der Waals surface area contributed by atoms with Crippen molar-refractivity contribution < 1.29 is 23.9 Å². The van der Waals surface area contributed by atoms with Gasteiger partial charge in [0.1, 0.15) is 24.4 Å². The van der Waals surface area contributed by atoms with Crippen molar-refractivity contribution >= 4 is 17.9 Å². The van der Waals surface area contributed by atoms with E-state index in [0.717, 1.165) is 16.9 Å². The third-order valence-electron chi connectivity index (χ3n) is 4.91. The van der Waals surface area contributed by atoms with Gasteiger partial charge in [-0.1, -0.05) is 56.3 Å². The summed E-state index contributed by atoms with van der Waals surface area (Å²) in [6.07, 6.45) is -0.239. The number of alkyl carbamates (subject to hydrolysis) is 1. The molecular formula is C25H33N3O5. The minimum Gasteiger partial charge on any atom is -0.497 e. The molecule has 2 atom stereocenters. The molecule has 8 heteroatoms. The molecule has 0 unspecified atom stereocenters. The van der Waals surface area contributed by atoms with Crippen molar-refractivity contribution in [3.8, 4) is 5.75 Å². The standard InChI is InChI=1S/C25H33N3O5/c1-17(2)14-22(24(30)26-15-19-10-12-21(32-4)13-11-19)28-23(29)18(3)27-25(31)33-16-20-8-6-5-7-9-20/h5-13,17-18,22H,14-16H2,1-4H3,(H,26,30)(H,27,31)(H,28,29)/t18-,22+/m0/s1. The fraction of sp³-hybridized carbons (Fsp3) is 0.400. The van der Waals surface area contributed by atoms with Gasteiger partial charge >= 0.3 is 6.09 Å². The highest BCUT2D eigenvalue weighted by Gasteiger charge is 2.25. The Morgan fingerprint density at radius 1 is 0.848 bits per heavy atom. The molecule has 0 fully saturated rings. The van der Waals surface area contributed by atoms with E-state index in [2.05, 4.69) is 16.0 Å². The molecule has 178 valence electrons. The predicted molar refractivity (Wildman–Crippen MR) is 125 cm³/mol. The number of hydrogen-bond acceptors (Lipinski definition) is 5. The van der Waals surface area contributed by atoms with Crippen LogP contribution in [0, 0.1) is 5.92 Å². The van der Waals surface area contributed by atoms with E-state index in [-0.39, 0.29) is 18.4 Å². The minimum atomic E-state index is -0.864. The van der Waals surface area contributed by atoms with Gasteiger partial charge < -0.3 is 25.4 Å². The van der Waals surface area contributed by atoms with E-state index in [1.807, 2.05) is 68.4 Å². The van der Waals surface area contributed by atoms with Gasteiger partial charge in [-0.3, -0.25) is 9.59 Å². The van der Waals surface area contributed by atoms with Crippen molar-refractivity contribution in [2.75, 3.05) is 7.11 Å². The SMILES string of the molecule is COc1ccc(CNC(=O)[C@@H](CC(C)C)NC(=O)[C@H](C)NC(=O)OCc2ccccc2)cc1. The number of rotatable bonds is 11. The average molecular weight is 456 g/mol. The zero-order valence-electron chi connectivity index (χ0n) is 19.6. The van der Waals surface area contributed by atoms with Crippen LogP contribution in [0.5, 0.6) is 5.75 Å². The molecule has 2 aromatic rings. The average Bonchev–Trinajstić information content (AvgIpc) is 2.81. The van der Waals surface area contributed by atoms with Crippen molar-refractivity contribution in [2.24, 2.45) is 5.92 Å². The number of carbonyl (C=O) groups excluding carboxylic acids is 3. The van der Waals surface area contributed by atoms with Crippen LogP contribution in [-0.4, -0.2) is 37.1 Å². The van der Waals surface area contributed by atoms with Crippen LogP contribution < -0.4 is 20.7 Å². The molecule has 0 radical (unpaired) electrons. The van der Waals surface area contributed by atoms with E-state index in [1.165, 1.54) is 0 Å². The van der Waals surface area contributed by atoms with Crippen LogP contribution in [0.25, 0.3) is 0 Å². The monoisotopic (exact) mass is 455 g/mol. The van der Waals surface area contributed by atoms with E-state index in [1.54, 1.807) is 14.0 Å². The Kier molecular flexibility index (Phi) is 10.2. The smallest absolute Gasteiger partial charge is 0.408 e. The zero-order chi connectivity index (χ0) is 24.2. The number of hydrogen-bond donors (Lipinski definition) is 3. The molecule has 0 heterocycles. The van der Waals surface area contributed by atoms with Gasteiger partial charge in [0.2, 0.25) is 11.8 Å². The first-order chi connectivity index (χ1) is 15.8. The van der Waals surface area contributed by atoms with E-state index in [0.29, 0.717) is 13.0 Å². The number of methoxy groups -OCH3 is 1. The maximum Gasteiger partial charge on any atom is 0.408 e. The largest absolute Gasteiger partial charge is 0.497 e. The van der Waals surface area contributed by atoms with E-state index in [4.69, 9.17) is 9.47 Å². The quantitative estimate of drug-likeness (QED) is 0.483. The lowest BCUT2D eigenvalue weighted by atomic mass is 10.0. The minimum absolute atomic E-state index is 0.102. The summed E-state index contributed by atoms with van der Waals surface area (Å²) >= 11 is 0. The number of ether oxygens (including phenoxy) is 2.